The molecular weight excluding hydrogens is 297 g/mol. The first-order valence-electron chi connectivity index (χ1n) is 5.96. The maximum atomic E-state index is 13.6. The molecule has 0 aliphatic heterocycles. The molecule has 0 aliphatic carbocycles. The number of benzene rings is 1. The lowest BCUT2D eigenvalue weighted by Gasteiger charge is -2.15. The Morgan fingerprint density at radius 2 is 2.24 bits per heavy atom. The predicted molar refractivity (Wildman–Crippen MR) is 77.7 cm³/mol. The lowest BCUT2D eigenvalue weighted by atomic mass is 10.2. The Kier molecular flexibility index (Phi) is 6.49. The number of carboxylic acids is 1. The fraction of sp³-hybridized carbons (Fsp3) is 0.308. The Balaban J connectivity index is 2.68. The zero-order valence-electron chi connectivity index (χ0n) is 11.2. The number of nitrogens with one attached hydrogen (secondary N) is 2. The summed E-state index contributed by atoms with van der Waals surface area (Å²) in [6.07, 6.45) is 2.09. The van der Waals surface area contributed by atoms with Gasteiger partial charge in [0.25, 0.3) is 0 Å². The number of thioether (sulfide) groups is 1. The van der Waals surface area contributed by atoms with Crippen LogP contribution in [0.2, 0.25) is 0 Å². The molecule has 0 unspecified atom stereocenters. The third kappa shape index (κ3) is 5.31. The fourth-order valence-electron chi connectivity index (χ4n) is 1.50. The molecule has 1 rings (SSSR count). The number of hydrogen-bond donors (Lipinski definition) is 3. The van der Waals surface area contributed by atoms with Crippen LogP contribution in [-0.2, 0) is 4.79 Å². The fourth-order valence-corrected chi connectivity index (χ4v) is 1.97. The van der Waals surface area contributed by atoms with E-state index < -0.39 is 23.9 Å². The van der Waals surface area contributed by atoms with Crippen molar-refractivity contribution < 1.29 is 19.1 Å². The van der Waals surface area contributed by atoms with Crippen molar-refractivity contribution in [3.8, 4) is 6.07 Å². The highest BCUT2D eigenvalue weighted by Crippen LogP contribution is 2.15. The van der Waals surface area contributed by atoms with Gasteiger partial charge in [0, 0.05) is 0 Å². The zero-order chi connectivity index (χ0) is 15.8. The van der Waals surface area contributed by atoms with Gasteiger partial charge in [0.2, 0.25) is 0 Å². The van der Waals surface area contributed by atoms with Crippen LogP contribution in [0.4, 0.5) is 14.9 Å². The number of carbonyl (C=O) groups excluding carboxylic acids is 1. The molecule has 0 fully saturated rings. The monoisotopic (exact) mass is 311 g/mol. The van der Waals surface area contributed by atoms with Crippen molar-refractivity contribution in [2.45, 2.75) is 12.5 Å². The van der Waals surface area contributed by atoms with Crippen LogP contribution in [0.15, 0.2) is 18.2 Å². The Hall–Kier alpha value is -2.27. The molecule has 2 amide bonds. The quantitative estimate of drug-likeness (QED) is 0.746. The SMILES string of the molecule is CSCC[C@@H](NC(=O)Nc1ccc(C#N)cc1F)C(=O)O. The maximum Gasteiger partial charge on any atom is 0.326 e. The second-order valence-corrected chi connectivity index (χ2v) is 5.06. The van der Waals surface area contributed by atoms with Gasteiger partial charge in [0.15, 0.2) is 0 Å². The van der Waals surface area contributed by atoms with E-state index in [-0.39, 0.29) is 17.7 Å². The molecule has 3 N–H and O–H groups in total. The van der Waals surface area contributed by atoms with Gasteiger partial charge >= 0.3 is 12.0 Å². The summed E-state index contributed by atoms with van der Waals surface area (Å²) < 4.78 is 13.6. The van der Waals surface area contributed by atoms with Crippen molar-refractivity contribution in [1.82, 2.24) is 5.32 Å². The van der Waals surface area contributed by atoms with E-state index >= 15 is 0 Å². The van der Waals surface area contributed by atoms with Crippen LogP contribution < -0.4 is 10.6 Å². The number of nitriles is 1. The molecule has 0 heterocycles. The highest BCUT2D eigenvalue weighted by Gasteiger charge is 2.19. The van der Waals surface area contributed by atoms with Gasteiger partial charge in [-0.1, -0.05) is 0 Å². The molecule has 0 spiro atoms. The van der Waals surface area contributed by atoms with E-state index in [1.807, 2.05) is 6.26 Å². The average molecular weight is 311 g/mol. The molecule has 0 radical (unpaired) electrons. The van der Waals surface area contributed by atoms with E-state index in [4.69, 9.17) is 10.4 Å². The highest BCUT2D eigenvalue weighted by molar-refractivity contribution is 7.98. The Bertz CT molecular complexity index is 574. The second-order valence-electron chi connectivity index (χ2n) is 4.08. The molecule has 0 saturated carbocycles. The summed E-state index contributed by atoms with van der Waals surface area (Å²) in [5.74, 6) is -1.35. The highest BCUT2D eigenvalue weighted by atomic mass is 32.2. The number of halogens is 1. The van der Waals surface area contributed by atoms with E-state index in [0.717, 1.165) is 6.07 Å². The first kappa shape index (κ1) is 16.8. The van der Waals surface area contributed by atoms with Crippen molar-refractivity contribution in [2.24, 2.45) is 0 Å². The third-order valence-corrected chi connectivity index (χ3v) is 3.20. The normalized spacial score (nSPS) is 11.3. The molecule has 0 aliphatic rings. The number of aliphatic carboxylic acids is 1. The third-order valence-electron chi connectivity index (χ3n) is 2.56. The largest absolute Gasteiger partial charge is 0.480 e. The number of amides is 2. The van der Waals surface area contributed by atoms with Gasteiger partial charge in [-0.3, -0.25) is 0 Å². The lowest BCUT2D eigenvalue weighted by Crippen LogP contribution is -2.43. The molecule has 0 aromatic heterocycles. The van der Waals surface area contributed by atoms with Crippen LogP contribution >= 0.6 is 11.8 Å². The van der Waals surface area contributed by atoms with Crippen LogP contribution in [0.3, 0.4) is 0 Å². The molecular formula is C13H14FN3O3S. The molecule has 0 bridgehead atoms. The van der Waals surface area contributed by atoms with Crippen molar-refractivity contribution in [3.05, 3.63) is 29.6 Å². The minimum Gasteiger partial charge on any atom is -0.480 e. The number of carboxylic acid groups (broad SMARTS) is 1. The second kappa shape index (κ2) is 8.11. The topological polar surface area (TPSA) is 102 Å². The van der Waals surface area contributed by atoms with Crippen LogP contribution in [0, 0.1) is 17.1 Å². The standard InChI is InChI=1S/C13H14FN3O3S/c1-21-5-4-11(12(18)19)17-13(20)16-10-3-2-8(7-15)6-9(10)14/h2-3,6,11H,4-5H2,1H3,(H,18,19)(H2,16,17,20)/t11-/m1/s1. The maximum absolute atomic E-state index is 13.6. The van der Waals surface area contributed by atoms with Gasteiger partial charge in [-0.05, 0) is 36.6 Å². The van der Waals surface area contributed by atoms with Gasteiger partial charge in [-0.25, -0.2) is 14.0 Å². The Labute approximate surface area is 125 Å². The summed E-state index contributed by atoms with van der Waals surface area (Å²) in [7, 11) is 0. The van der Waals surface area contributed by atoms with E-state index in [1.54, 1.807) is 6.07 Å². The van der Waals surface area contributed by atoms with Gasteiger partial charge < -0.3 is 15.7 Å². The van der Waals surface area contributed by atoms with Crippen LogP contribution in [0.1, 0.15) is 12.0 Å². The van der Waals surface area contributed by atoms with Crippen LogP contribution in [0.25, 0.3) is 0 Å². The summed E-state index contributed by atoms with van der Waals surface area (Å²) in [6.45, 7) is 0. The summed E-state index contributed by atoms with van der Waals surface area (Å²) in [5.41, 5.74) is 0.00217. The summed E-state index contributed by atoms with van der Waals surface area (Å²) in [4.78, 5) is 22.7. The number of anilines is 1. The zero-order valence-corrected chi connectivity index (χ0v) is 12.0. The van der Waals surface area contributed by atoms with Gasteiger partial charge in [0.1, 0.15) is 11.9 Å². The summed E-state index contributed by atoms with van der Waals surface area (Å²) >= 11 is 1.46. The molecule has 8 heteroatoms. The van der Waals surface area contributed by atoms with Crippen LogP contribution in [-0.4, -0.2) is 35.2 Å². The minimum absolute atomic E-state index is 0.125. The number of rotatable bonds is 6. The molecule has 112 valence electrons. The van der Waals surface area contributed by atoms with Crippen molar-refractivity contribution in [3.63, 3.8) is 0 Å². The molecule has 6 nitrogen and oxygen atoms in total. The first-order chi connectivity index (χ1) is 9.97. The van der Waals surface area contributed by atoms with Crippen LogP contribution in [0.5, 0.6) is 0 Å². The van der Waals surface area contributed by atoms with Gasteiger partial charge in [-0.15, -0.1) is 0 Å². The van der Waals surface area contributed by atoms with Crippen molar-refractivity contribution in [2.75, 3.05) is 17.3 Å². The molecule has 21 heavy (non-hydrogen) atoms. The number of hydrogen-bond acceptors (Lipinski definition) is 4. The minimum atomic E-state index is -1.15. The Morgan fingerprint density at radius 3 is 2.76 bits per heavy atom. The number of nitrogens with zero attached hydrogens (tertiary/aromatic N) is 1. The number of urea groups is 1. The van der Waals surface area contributed by atoms with Crippen molar-refractivity contribution in [1.29, 1.82) is 5.26 Å². The van der Waals surface area contributed by atoms with Gasteiger partial charge in [-0.2, -0.15) is 17.0 Å². The van der Waals surface area contributed by atoms with E-state index in [2.05, 4.69) is 10.6 Å². The van der Waals surface area contributed by atoms with E-state index in [1.165, 1.54) is 23.9 Å². The summed E-state index contributed by atoms with van der Waals surface area (Å²) in [6, 6.07) is 3.49. The lowest BCUT2D eigenvalue weighted by molar-refractivity contribution is -0.139. The van der Waals surface area contributed by atoms with E-state index in [9.17, 15) is 14.0 Å². The van der Waals surface area contributed by atoms with Crippen molar-refractivity contribution >= 4 is 29.4 Å². The molecule has 0 saturated heterocycles. The summed E-state index contributed by atoms with van der Waals surface area (Å²) in [5, 5.41) is 22.1. The molecule has 1 aromatic carbocycles. The average Bonchev–Trinajstić information content (AvgIpc) is 2.45. The Morgan fingerprint density at radius 1 is 1.52 bits per heavy atom. The van der Waals surface area contributed by atoms with E-state index in [0.29, 0.717) is 5.75 Å². The first-order valence-corrected chi connectivity index (χ1v) is 7.36. The smallest absolute Gasteiger partial charge is 0.326 e. The predicted octanol–water partition coefficient (Wildman–Crippen LogP) is 2.03. The molecule has 1 atom stereocenters. The number of carbonyl (C=O) groups is 2. The van der Waals surface area contributed by atoms with Gasteiger partial charge in [0.05, 0.1) is 17.3 Å². The molecule has 1 aromatic rings.